The Labute approximate surface area is 89.0 Å². The Morgan fingerprint density at radius 1 is 1.47 bits per heavy atom. The minimum absolute atomic E-state index is 0.208. The predicted octanol–water partition coefficient (Wildman–Crippen LogP) is 1.87. The van der Waals surface area contributed by atoms with Crippen LogP contribution in [0.1, 0.15) is 18.5 Å². The van der Waals surface area contributed by atoms with Gasteiger partial charge in [-0.2, -0.15) is 0 Å². The van der Waals surface area contributed by atoms with Crippen LogP contribution in [0.15, 0.2) is 18.2 Å². The van der Waals surface area contributed by atoms with E-state index >= 15 is 0 Å². The van der Waals surface area contributed by atoms with Crippen molar-refractivity contribution in [2.24, 2.45) is 5.73 Å². The van der Waals surface area contributed by atoms with E-state index in [0.29, 0.717) is 18.8 Å². The molecular weight excluding hydrogens is 197 g/mol. The van der Waals surface area contributed by atoms with Crippen molar-refractivity contribution in [3.63, 3.8) is 0 Å². The molecule has 0 amide bonds. The number of nitrogens with two attached hydrogens (primary N) is 1. The Balaban J connectivity index is 2.83. The first-order valence-corrected chi connectivity index (χ1v) is 4.86. The minimum Gasteiger partial charge on any atom is -0.494 e. The molecule has 0 aliphatic heterocycles. The van der Waals surface area contributed by atoms with Gasteiger partial charge < -0.3 is 15.2 Å². The lowest BCUT2D eigenvalue weighted by atomic mass is 10.1. The van der Waals surface area contributed by atoms with Crippen LogP contribution in [0.2, 0.25) is 0 Å². The highest BCUT2D eigenvalue weighted by molar-refractivity contribution is 5.32. The van der Waals surface area contributed by atoms with Gasteiger partial charge in [-0.25, -0.2) is 4.39 Å². The molecule has 1 aromatic carbocycles. The summed E-state index contributed by atoms with van der Waals surface area (Å²) >= 11 is 0. The lowest BCUT2D eigenvalue weighted by Crippen LogP contribution is -2.18. The van der Waals surface area contributed by atoms with E-state index in [2.05, 4.69) is 0 Å². The van der Waals surface area contributed by atoms with Gasteiger partial charge in [0.2, 0.25) is 0 Å². The van der Waals surface area contributed by atoms with Crippen LogP contribution in [0.25, 0.3) is 0 Å². The van der Waals surface area contributed by atoms with Crippen molar-refractivity contribution in [3.05, 3.63) is 29.6 Å². The number of hydrogen-bond donors (Lipinski definition) is 1. The highest BCUT2D eigenvalue weighted by atomic mass is 19.1. The molecule has 3 nitrogen and oxygen atoms in total. The van der Waals surface area contributed by atoms with Crippen LogP contribution in [-0.4, -0.2) is 20.3 Å². The molecular formula is C11H16FNO2. The van der Waals surface area contributed by atoms with Crippen LogP contribution in [0.3, 0.4) is 0 Å². The van der Waals surface area contributed by atoms with E-state index in [1.165, 1.54) is 7.11 Å². The summed E-state index contributed by atoms with van der Waals surface area (Å²) in [4.78, 5) is 0. The molecule has 4 heteroatoms. The van der Waals surface area contributed by atoms with Crippen LogP contribution in [0.5, 0.6) is 5.75 Å². The molecule has 0 spiro atoms. The summed E-state index contributed by atoms with van der Waals surface area (Å²) < 4.78 is 23.7. The van der Waals surface area contributed by atoms with E-state index in [4.69, 9.17) is 15.2 Å². The second-order valence-electron chi connectivity index (χ2n) is 3.13. The van der Waals surface area contributed by atoms with Crippen molar-refractivity contribution in [1.29, 1.82) is 0 Å². The quantitative estimate of drug-likeness (QED) is 0.812. The lowest BCUT2D eigenvalue weighted by molar-refractivity contribution is 0.132. The average molecular weight is 213 g/mol. The number of hydrogen-bond acceptors (Lipinski definition) is 3. The zero-order valence-corrected chi connectivity index (χ0v) is 9.00. The van der Waals surface area contributed by atoms with Gasteiger partial charge in [0.25, 0.3) is 0 Å². The summed E-state index contributed by atoms with van der Waals surface area (Å²) in [5.74, 6) is -0.202. The van der Waals surface area contributed by atoms with Gasteiger partial charge in [-0.1, -0.05) is 12.1 Å². The summed E-state index contributed by atoms with van der Waals surface area (Å²) in [6.45, 7) is 2.74. The Morgan fingerprint density at radius 2 is 2.20 bits per heavy atom. The number of ether oxygens (including phenoxy) is 2. The van der Waals surface area contributed by atoms with E-state index in [1.54, 1.807) is 18.2 Å². The summed E-state index contributed by atoms with van der Waals surface area (Å²) in [5.41, 5.74) is 6.20. The molecule has 0 heterocycles. The molecule has 0 aliphatic rings. The molecule has 0 bridgehead atoms. The van der Waals surface area contributed by atoms with E-state index in [-0.39, 0.29) is 5.75 Å². The fourth-order valence-electron chi connectivity index (χ4n) is 1.31. The molecule has 1 atom stereocenters. The molecule has 2 N–H and O–H groups in total. The van der Waals surface area contributed by atoms with Gasteiger partial charge in [0.1, 0.15) is 0 Å². The van der Waals surface area contributed by atoms with Crippen LogP contribution in [0, 0.1) is 5.82 Å². The fraction of sp³-hybridized carbons (Fsp3) is 0.455. The zero-order chi connectivity index (χ0) is 11.3. The van der Waals surface area contributed by atoms with E-state index in [1.807, 2.05) is 6.92 Å². The molecule has 0 aliphatic carbocycles. The first-order chi connectivity index (χ1) is 7.20. The van der Waals surface area contributed by atoms with Gasteiger partial charge in [0, 0.05) is 12.2 Å². The molecule has 84 valence electrons. The molecule has 0 saturated heterocycles. The first kappa shape index (κ1) is 11.9. The third-order valence-corrected chi connectivity index (χ3v) is 2.11. The molecule has 15 heavy (non-hydrogen) atoms. The Kier molecular flexibility index (Phi) is 4.52. The fourth-order valence-corrected chi connectivity index (χ4v) is 1.31. The van der Waals surface area contributed by atoms with Gasteiger partial charge >= 0.3 is 0 Å². The summed E-state index contributed by atoms with van der Waals surface area (Å²) in [6, 6.07) is 4.46. The molecule has 1 unspecified atom stereocenters. The summed E-state index contributed by atoms with van der Waals surface area (Å²) in [5, 5.41) is 0. The molecule has 0 radical (unpaired) electrons. The molecule has 0 fully saturated rings. The number of methoxy groups -OCH3 is 1. The van der Waals surface area contributed by atoms with Gasteiger partial charge in [0.05, 0.1) is 19.8 Å². The normalized spacial score (nSPS) is 12.5. The van der Waals surface area contributed by atoms with E-state index in [9.17, 15) is 4.39 Å². The first-order valence-electron chi connectivity index (χ1n) is 4.86. The molecule has 1 rings (SSSR count). The van der Waals surface area contributed by atoms with E-state index in [0.717, 1.165) is 0 Å². The topological polar surface area (TPSA) is 44.5 Å². The largest absolute Gasteiger partial charge is 0.494 e. The predicted molar refractivity (Wildman–Crippen MR) is 56.4 cm³/mol. The smallest absolute Gasteiger partial charge is 0.169 e. The van der Waals surface area contributed by atoms with Crippen molar-refractivity contribution >= 4 is 0 Å². The van der Waals surface area contributed by atoms with Gasteiger partial charge in [-0.15, -0.1) is 0 Å². The SMILES string of the molecule is CCOCC(N)c1cccc(OC)c1F. The Hall–Kier alpha value is -1.13. The summed E-state index contributed by atoms with van der Waals surface area (Å²) in [7, 11) is 1.43. The van der Waals surface area contributed by atoms with Crippen molar-refractivity contribution < 1.29 is 13.9 Å². The second kappa shape index (κ2) is 5.68. The second-order valence-corrected chi connectivity index (χ2v) is 3.13. The number of benzene rings is 1. The van der Waals surface area contributed by atoms with Crippen molar-refractivity contribution in [2.45, 2.75) is 13.0 Å². The number of halogens is 1. The van der Waals surface area contributed by atoms with E-state index < -0.39 is 11.9 Å². The summed E-state index contributed by atoms with van der Waals surface area (Å²) in [6.07, 6.45) is 0. The van der Waals surface area contributed by atoms with Crippen LogP contribution < -0.4 is 10.5 Å². The molecule has 0 saturated carbocycles. The maximum atomic E-state index is 13.7. The number of rotatable bonds is 5. The van der Waals surface area contributed by atoms with Gasteiger partial charge in [0.15, 0.2) is 11.6 Å². The van der Waals surface area contributed by atoms with Crippen LogP contribution >= 0.6 is 0 Å². The maximum Gasteiger partial charge on any atom is 0.169 e. The van der Waals surface area contributed by atoms with Gasteiger partial charge in [-0.05, 0) is 13.0 Å². The highest BCUT2D eigenvalue weighted by Gasteiger charge is 2.14. The van der Waals surface area contributed by atoms with Crippen molar-refractivity contribution in [1.82, 2.24) is 0 Å². The maximum absolute atomic E-state index is 13.7. The third-order valence-electron chi connectivity index (χ3n) is 2.11. The third kappa shape index (κ3) is 2.91. The monoisotopic (exact) mass is 213 g/mol. The standard InChI is InChI=1S/C11H16FNO2/c1-3-15-7-9(13)8-5-4-6-10(14-2)11(8)12/h4-6,9H,3,7,13H2,1-2H3. The van der Waals surface area contributed by atoms with Crippen LogP contribution in [0.4, 0.5) is 4.39 Å². The molecule has 0 aromatic heterocycles. The minimum atomic E-state index is -0.458. The average Bonchev–Trinajstić information content (AvgIpc) is 2.26. The zero-order valence-electron chi connectivity index (χ0n) is 9.00. The lowest BCUT2D eigenvalue weighted by Gasteiger charge is -2.14. The molecule has 1 aromatic rings. The Morgan fingerprint density at radius 3 is 2.80 bits per heavy atom. The van der Waals surface area contributed by atoms with Gasteiger partial charge in [-0.3, -0.25) is 0 Å². The van der Waals surface area contributed by atoms with Crippen LogP contribution in [-0.2, 0) is 4.74 Å². The van der Waals surface area contributed by atoms with Crippen molar-refractivity contribution in [3.8, 4) is 5.75 Å². The Bertz CT molecular complexity index is 317. The highest BCUT2D eigenvalue weighted by Crippen LogP contribution is 2.23. The van der Waals surface area contributed by atoms with Crippen molar-refractivity contribution in [2.75, 3.05) is 20.3 Å².